The van der Waals surface area contributed by atoms with Crippen molar-refractivity contribution in [2.24, 2.45) is 5.92 Å². The number of piperidine rings is 1. The maximum atomic E-state index is 12.7. The van der Waals surface area contributed by atoms with Crippen LogP contribution in [0.1, 0.15) is 37.0 Å². The number of nitrogens with zero attached hydrogens (tertiary/aromatic N) is 3. The molecule has 1 fully saturated rings. The molecule has 1 saturated heterocycles. The van der Waals surface area contributed by atoms with Gasteiger partial charge in [0.1, 0.15) is 0 Å². The number of carbonyl (C=O) groups is 1. The molecule has 0 atom stereocenters. The molecular weight excluding hydrogens is 404 g/mol. The number of hydrogen-bond acceptors (Lipinski definition) is 5. The van der Waals surface area contributed by atoms with E-state index in [4.69, 9.17) is 0 Å². The van der Waals surface area contributed by atoms with Crippen LogP contribution in [0, 0.1) is 5.92 Å². The number of nitrogens with one attached hydrogen (secondary N) is 1. The van der Waals surface area contributed by atoms with E-state index in [-0.39, 0.29) is 5.91 Å². The average Bonchev–Trinajstić information content (AvgIpc) is 2.81. The molecule has 1 amide bonds. The van der Waals surface area contributed by atoms with Crippen LogP contribution in [-0.4, -0.2) is 34.9 Å². The molecule has 2 heterocycles. The Labute approximate surface area is 188 Å². The van der Waals surface area contributed by atoms with Crippen molar-refractivity contribution in [3.05, 3.63) is 66.2 Å². The van der Waals surface area contributed by atoms with Crippen molar-refractivity contribution >= 4 is 29.2 Å². The summed E-state index contributed by atoms with van der Waals surface area (Å²) in [5.41, 5.74) is 3.27. The molecule has 160 valence electrons. The Bertz CT molecular complexity index is 1010. The lowest BCUT2D eigenvalue weighted by Gasteiger charge is -2.30. The van der Waals surface area contributed by atoms with Gasteiger partial charge in [0.2, 0.25) is 0 Å². The van der Waals surface area contributed by atoms with Crippen molar-refractivity contribution in [3.8, 4) is 11.3 Å². The molecule has 2 aromatic carbocycles. The largest absolute Gasteiger partial charge is 0.355 e. The molecule has 4 rings (SSSR count). The second kappa shape index (κ2) is 9.96. The van der Waals surface area contributed by atoms with E-state index in [2.05, 4.69) is 40.3 Å². The summed E-state index contributed by atoms with van der Waals surface area (Å²) in [7, 11) is 0. The zero-order valence-corrected chi connectivity index (χ0v) is 18.9. The number of thioether (sulfide) groups is 1. The minimum absolute atomic E-state index is 0.0932. The predicted molar refractivity (Wildman–Crippen MR) is 129 cm³/mol. The van der Waals surface area contributed by atoms with Crippen molar-refractivity contribution < 1.29 is 4.79 Å². The highest BCUT2D eigenvalue weighted by atomic mass is 32.2. The van der Waals surface area contributed by atoms with E-state index >= 15 is 0 Å². The number of amides is 1. The van der Waals surface area contributed by atoms with E-state index in [1.165, 1.54) is 12.8 Å². The number of hydrogen-bond donors (Lipinski definition) is 1. The highest BCUT2D eigenvalue weighted by molar-refractivity contribution is 7.99. The van der Waals surface area contributed by atoms with Crippen LogP contribution < -0.4 is 10.2 Å². The van der Waals surface area contributed by atoms with Gasteiger partial charge in [-0.05, 0) is 60.9 Å². The molecule has 0 aliphatic carbocycles. The second-order valence-electron chi connectivity index (χ2n) is 7.91. The summed E-state index contributed by atoms with van der Waals surface area (Å²) in [4.78, 5) is 16.0. The quantitative estimate of drug-likeness (QED) is 0.503. The third-order valence-electron chi connectivity index (χ3n) is 5.63. The highest BCUT2D eigenvalue weighted by Crippen LogP contribution is 2.25. The van der Waals surface area contributed by atoms with Crippen molar-refractivity contribution in [1.29, 1.82) is 0 Å². The summed E-state index contributed by atoms with van der Waals surface area (Å²) in [6.07, 6.45) is 2.41. The molecule has 6 heteroatoms. The maximum absolute atomic E-state index is 12.7. The highest BCUT2D eigenvalue weighted by Gasteiger charge is 2.17. The van der Waals surface area contributed by atoms with Gasteiger partial charge in [-0.25, -0.2) is 0 Å². The summed E-state index contributed by atoms with van der Waals surface area (Å²) in [5.74, 6) is 2.57. The van der Waals surface area contributed by atoms with Crippen LogP contribution in [-0.2, 0) is 0 Å². The van der Waals surface area contributed by atoms with Crippen molar-refractivity contribution in [2.75, 3.05) is 29.1 Å². The van der Waals surface area contributed by atoms with Gasteiger partial charge < -0.3 is 10.2 Å². The third-order valence-corrected chi connectivity index (χ3v) is 6.58. The van der Waals surface area contributed by atoms with Gasteiger partial charge in [-0.1, -0.05) is 38.1 Å². The van der Waals surface area contributed by atoms with Crippen LogP contribution in [0.2, 0.25) is 0 Å². The number of carbonyl (C=O) groups excluding carboxylic acids is 1. The van der Waals surface area contributed by atoms with E-state index in [0.717, 1.165) is 52.4 Å². The van der Waals surface area contributed by atoms with Crippen LogP contribution in [0.15, 0.2) is 65.6 Å². The van der Waals surface area contributed by atoms with Gasteiger partial charge in [-0.15, -0.1) is 22.0 Å². The molecule has 0 radical (unpaired) electrons. The van der Waals surface area contributed by atoms with E-state index in [1.54, 1.807) is 11.8 Å². The summed E-state index contributed by atoms with van der Waals surface area (Å²) in [6.45, 7) is 6.48. The molecule has 0 saturated carbocycles. The van der Waals surface area contributed by atoms with Crippen LogP contribution in [0.25, 0.3) is 11.3 Å². The van der Waals surface area contributed by atoms with Gasteiger partial charge in [0.15, 0.2) is 5.82 Å². The Hall–Kier alpha value is -2.86. The monoisotopic (exact) mass is 432 g/mol. The van der Waals surface area contributed by atoms with Gasteiger partial charge in [-0.2, -0.15) is 0 Å². The first-order valence-electron chi connectivity index (χ1n) is 10.9. The van der Waals surface area contributed by atoms with Crippen LogP contribution in [0.4, 0.5) is 11.5 Å². The fourth-order valence-corrected chi connectivity index (χ4v) is 4.55. The lowest BCUT2D eigenvalue weighted by molar-refractivity contribution is 0.102. The Morgan fingerprint density at radius 1 is 1.03 bits per heavy atom. The molecule has 1 aromatic heterocycles. The van der Waals surface area contributed by atoms with Crippen molar-refractivity contribution in [1.82, 2.24) is 10.2 Å². The minimum Gasteiger partial charge on any atom is -0.355 e. The summed E-state index contributed by atoms with van der Waals surface area (Å²) in [6, 6.07) is 19.5. The zero-order valence-electron chi connectivity index (χ0n) is 18.0. The first-order valence-corrected chi connectivity index (χ1v) is 11.8. The lowest BCUT2D eigenvalue weighted by atomic mass is 9.99. The first kappa shape index (κ1) is 21.4. The topological polar surface area (TPSA) is 58.1 Å². The summed E-state index contributed by atoms with van der Waals surface area (Å²) in [5, 5.41) is 11.9. The fourth-order valence-electron chi connectivity index (χ4n) is 3.74. The molecule has 1 N–H and O–H groups in total. The molecule has 3 aromatic rings. The number of anilines is 2. The van der Waals surface area contributed by atoms with Crippen LogP contribution >= 0.6 is 11.8 Å². The minimum atomic E-state index is -0.0932. The average molecular weight is 433 g/mol. The van der Waals surface area contributed by atoms with Crippen LogP contribution in [0.3, 0.4) is 0 Å². The molecule has 0 bridgehead atoms. The zero-order chi connectivity index (χ0) is 21.6. The molecular formula is C25H28N4OS. The fraction of sp³-hybridized carbons (Fsp3) is 0.320. The summed E-state index contributed by atoms with van der Waals surface area (Å²) < 4.78 is 0. The standard InChI is InChI=1S/C25H28N4OS/c1-3-31-23-7-5-4-6-21(23)25(30)26-20-10-8-19(9-11-20)22-12-13-24(28-27-22)29-16-14-18(2)15-17-29/h4-13,18H,3,14-17H2,1-2H3,(H,26,30). The van der Waals surface area contributed by atoms with Gasteiger partial charge in [-0.3, -0.25) is 4.79 Å². The van der Waals surface area contributed by atoms with E-state index in [9.17, 15) is 4.79 Å². The van der Waals surface area contributed by atoms with E-state index in [1.807, 2.05) is 54.6 Å². The van der Waals surface area contributed by atoms with Gasteiger partial charge in [0.25, 0.3) is 5.91 Å². The third kappa shape index (κ3) is 5.25. The smallest absolute Gasteiger partial charge is 0.256 e. The van der Waals surface area contributed by atoms with Gasteiger partial charge >= 0.3 is 0 Å². The van der Waals surface area contributed by atoms with E-state index < -0.39 is 0 Å². The Balaban J connectivity index is 1.42. The maximum Gasteiger partial charge on any atom is 0.256 e. The SMILES string of the molecule is CCSc1ccccc1C(=O)Nc1ccc(-c2ccc(N3CCC(C)CC3)nn2)cc1. The van der Waals surface area contributed by atoms with Gasteiger partial charge in [0, 0.05) is 29.2 Å². The molecule has 1 aliphatic rings. The van der Waals surface area contributed by atoms with Gasteiger partial charge in [0.05, 0.1) is 11.3 Å². The molecule has 1 aliphatic heterocycles. The number of rotatable bonds is 6. The Kier molecular flexibility index (Phi) is 6.87. The Morgan fingerprint density at radius 3 is 2.45 bits per heavy atom. The molecule has 0 spiro atoms. The van der Waals surface area contributed by atoms with Crippen molar-refractivity contribution in [3.63, 3.8) is 0 Å². The van der Waals surface area contributed by atoms with Crippen LogP contribution in [0.5, 0.6) is 0 Å². The molecule has 31 heavy (non-hydrogen) atoms. The van der Waals surface area contributed by atoms with Crippen molar-refractivity contribution in [2.45, 2.75) is 31.6 Å². The number of benzene rings is 2. The lowest BCUT2D eigenvalue weighted by Crippen LogP contribution is -2.33. The Morgan fingerprint density at radius 2 is 1.77 bits per heavy atom. The second-order valence-corrected chi connectivity index (χ2v) is 9.21. The predicted octanol–water partition coefficient (Wildman–Crippen LogP) is 5.74. The van der Waals surface area contributed by atoms with E-state index in [0.29, 0.717) is 5.56 Å². The summed E-state index contributed by atoms with van der Waals surface area (Å²) >= 11 is 1.67. The molecule has 0 unspecified atom stereocenters. The first-order chi connectivity index (χ1) is 15.1. The normalized spacial score (nSPS) is 14.5. The number of aromatic nitrogens is 2. The molecule has 5 nitrogen and oxygen atoms in total.